The first-order chi connectivity index (χ1) is 5.83. The van der Waals surface area contributed by atoms with E-state index in [0.717, 1.165) is 16.7 Å². The predicted octanol–water partition coefficient (Wildman–Crippen LogP) is 1.71. The summed E-state index contributed by atoms with van der Waals surface area (Å²) in [6.07, 6.45) is 2.86. The Bertz CT molecular complexity index is 279. The summed E-state index contributed by atoms with van der Waals surface area (Å²) in [6, 6.07) is 3.95. The third kappa shape index (κ3) is 1.40. The zero-order chi connectivity index (χ0) is 8.55. The molecule has 1 fully saturated rings. The summed E-state index contributed by atoms with van der Waals surface area (Å²) in [5, 5.41) is 0. The number of furan rings is 1. The first kappa shape index (κ1) is 8.25. The molecule has 1 heterocycles. The van der Waals surface area contributed by atoms with E-state index >= 15 is 0 Å². The van der Waals surface area contributed by atoms with Crippen molar-refractivity contribution in [1.82, 2.24) is 0 Å². The minimum atomic E-state index is 0.529. The molecule has 2 unspecified atom stereocenters. The van der Waals surface area contributed by atoms with Crippen LogP contribution in [0.4, 0.5) is 0 Å². The van der Waals surface area contributed by atoms with Crippen LogP contribution in [-0.4, -0.2) is 11.7 Å². The normalized spacial score (nSPS) is 27.1. The molecule has 2 rings (SSSR count). The SMILES string of the molecule is CO[C](=[Cr])C1CC1c1ccco1. The summed E-state index contributed by atoms with van der Waals surface area (Å²) in [5.74, 6) is 2.14. The molecule has 3 heteroatoms. The van der Waals surface area contributed by atoms with Gasteiger partial charge in [0.1, 0.15) is 0 Å². The molecule has 64 valence electrons. The Morgan fingerprint density at radius 3 is 3.17 bits per heavy atom. The van der Waals surface area contributed by atoms with Crippen molar-refractivity contribution in [3.63, 3.8) is 0 Å². The van der Waals surface area contributed by atoms with E-state index in [1.54, 1.807) is 13.4 Å². The zero-order valence-electron chi connectivity index (χ0n) is 6.82. The standard InChI is InChI=1S/C9H10O2.Cr/c1-10-6-7-5-8(7)9-3-2-4-11-9;/h2-4,7-8H,5H2,1H3;. The van der Waals surface area contributed by atoms with Crippen molar-refractivity contribution in [2.24, 2.45) is 5.92 Å². The minimum absolute atomic E-state index is 0.529. The second kappa shape index (κ2) is 3.18. The third-order valence-electron chi connectivity index (χ3n) is 2.20. The van der Waals surface area contributed by atoms with Crippen molar-refractivity contribution in [3.05, 3.63) is 24.2 Å². The van der Waals surface area contributed by atoms with E-state index in [4.69, 9.17) is 9.15 Å². The van der Waals surface area contributed by atoms with E-state index in [2.05, 4.69) is 15.9 Å². The second-order valence-corrected chi connectivity index (χ2v) is 3.62. The first-order valence-corrected chi connectivity index (χ1v) is 4.58. The Hall–Kier alpha value is -0.358. The fraction of sp³-hybridized carbons (Fsp3) is 0.444. The third-order valence-corrected chi connectivity index (χ3v) is 2.94. The van der Waals surface area contributed by atoms with Gasteiger partial charge in [-0.1, -0.05) is 0 Å². The van der Waals surface area contributed by atoms with Crippen LogP contribution in [0, 0.1) is 5.92 Å². The van der Waals surface area contributed by atoms with Gasteiger partial charge in [0, 0.05) is 0 Å². The molecule has 12 heavy (non-hydrogen) atoms. The number of rotatable bonds is 3. The fourth-order valence-corrected chi connectivity index (χ4v) is 1.83. The van der Waals surface area contributed by atoms with Crippen molar-refractivity contribution in [3.8, 4) is 0 Å². The van der Waals surface area contributed by atoms with Crippen LogP contribution < -0.4 is 0 Å². The van der Waals surface area contributed by atoms with Crippen molar-refractivity contribution < 1.29 is 25.0 Å². The molecule has 0 spiro atoms. The Kier molecular flexibility index (Phi) is 2.19. The molecule has 1 aromatic heterocycles. The molecule has 0 amide bonds. The molecule has 1 aromatic rings. The number of methoxy groups -OCH3 is 1. The van der Waals surface area contributed by atoms with Crippen LogP contribution in [-0.2, 0) is 20.6 Å². The van der Waals surface area contributed by atoms with Gasteiger partial charge in [-0.05, 0) is 0 Å². The second-order valence-electron chi connectivity index (χ2n) is 2.99. The van der Waals surface area contributed by atoms with E-state index < -0.39 is 0 Å². The summed E-state index contributed by atoms with van der Waals surface area (Å²) >= 11 is 2.93. The number of ether oxygens (including phenoxy) is 1. The maximum atomic E-state index is 5.30. The van der Waals surface area contributed by atoms with Gasteiger partial charge in [-0.3, -0.25) is 0 Å². The maximum absolute atomic E-state index is 5.30. The van der Waals surface area contributed by atoms with Crippen molar-refractivity contribution in [2.75, 3.05) is 7.11 Å². The van der Waals surface area contributed by atoms with E-state index in [1.807, 2.05) is 12.1 Å². The molecule has 0 bridgehead atoms. The van der Waals surface area contributed by atoms with Crippen LogP contribution in [0.1, 0.15) is 18.1 Å². The fourth-order valence-electron chi connectivity index (χ4n) is 1.42. The molecule has 0 radical (unpaired) electrons. The molecular weight excluding hydrogens is 192 g/mol. The molecule has 0 aliphatic heterocycles. The van der Waals surface area contributed by atoms with Gasteiger partial charge >= 0.3 is 79.1 Å². The molecule has 1 aliphatic rings. The quantitative estimate of drug-likeness (QED) is 0.744. The average molecular weight is 202 g/mol. The van der Waals surface area contributed by atoms with E-state index in [1.165, 1.54) is 0 Å². The summed E-state index contributed by atoms with van der Waals surface area (Å²) in [5.41, 5.74) is 0. The number of hydrogen-bond acceptors (Lipinski definition) is 2. The predicted molar refractivity (Wildman–Crippen MR) is 41.6 cm³/mol. The van der Waals surface area contributed by atoms with Crippen LogP contribution >= 0.6 is 0 Å². The van der Waals surface area contributed by atoms with Gasteiger partial charge in [0.2, 0.25) is 0 Å². The van der Waals surface area contributed by atoms with Crippen LogP contribution in [0.2, 0.25) is 0 Å². The van der Waals surface area contributed by atoms with E-state index in [-0.39, 0.29) is 0 Å². The number of hydrogen-bond donors (Lipinski definition) is 0. The Labute approximate surface area is 79.5 Å². The Balaban J connectivity index is 2.01. The molecule has 1 aliphatic carbocycles. The summed E-state index contributed by atoms with van der Waals surface area (Å²) in [7, 11) is 1.70. The van der Waals surface area contributed by atoms with Gasteiger partial charge in [-0.15, -0.1) is 0 Å². The molecule has 2 nitrogen and oxygen atoms in total. The Morgan fingerprint density at radius 1 is 1.75 bits per heavy atom. The summed E-state index contributed by atoms with van der Waals surface area (Å²) < 4.78 is 11.4. The van der Waals surface area contributed by atoms with Crippen LogP contribution in [0.5, 0.6) is 0 Å². The van der Waals surface area contributed by atoms with Gasteiger partial charge in [0.15, 0.2) is 0 Å². The monoisotopic (exact) mass is 202 g/mol. The molecule has 0 saturated heterocycles. The van der Waals surface area contributed by atoms with Gasteiger partial charge in [0.25, 0.3) is 0 Å². The topological polar surface area (TPSA) is 22.4 Å². The van der Waals surface area contributed by atoms with Crippen molar-refractivity contribution in [2.45, 2.75) is 12.3 Å². The summed E-state index contributed by atoms with van der Waals surface area (Å²) in [4.78, 5) is 0. The Morgan fingerprint density at radius 2 is 2.58 bits per heavy atom. The molecule has 0 aromatic carbocycles. The van der Waals surface area contributed by atoms with Crippen LogP contribution in [0.25, 0.3) is 0 Å². The molecular formula is C9H10CrO2. The first-order valence-electron chi connectivity index (χ1n) is 3.94. The zero-order valence-corrected chi connectivity index (χ0v) is 8.09. The average Bonchev–Trinajstić information content (AvgIpc) is 2.71. The van der Waals surface area contributed by atoms with Gasteiger partial charge in [-0.25, -0.2) is 0 Å². The molecule has 1 saturated carbocycles. The van der Waals surface area contributed by atoms with E-state index in [0.29, 0.717) is 11.8 Å². The van der Waals surface area contributed by atoms with Crippen LogP contribution in [0.15, 0.2) is 22.8 Å². The van der Waals surface area contributed by atoms with Crippen LogP contribution in [0.3, 0.4) is 0 Å². The van der Waals surface area contributed by atoms with E-state index in [9.17, 15) is 0 Å². The van der Waals surface area contributed by atoms with Gasteiger partial charge in [0.05, 0.1) is 0 Å². The molecule has 0 N–H and O–H groups in total. The van der Waals surface area contributed by atoms with Crippen molar-refractivity contribution >= 4 is 4.57 Å². The van der Waals surface area contributed by atoms with Crippen molar-refractivity contribution in [1.29, 1.82) is 0 Å². The van der Waals surface area contributed by atoms with Gasteiger partial charge in [-0.2, -0.15) is 0 Å². The van der Waals surface area contributed by atoms with Gasteiger partial charge < -0.3 is 0 Å². The summed E-state index contributed by atoms with van der Waals surface area (Å²) in [6.45, 7) is 0. The molecule has 2 atom stereocenters.